The first-order valence-corrected chi connectivity index (χ1v) is 6.27. The molecule has 0 spiro atoms. The molecule has 0 unspecified atom stereocenters. The minimum atomic E-state index is -4.41. The molecule has 6 heteroatoms. The molecule has 112 valence electrons. The van der Waals surface area contributed by atoms with E-state index < -0.39 is 12.8 Å². The molecule has 0 aliphatic carbocycles. The summed E-state index contributed by atoms with van der Waals surface area (Å²) in [7, 11) is 0. The Morgan fingerprint density at radius 2 is 2.00 bits per heavy atom. The largest absolute Gasteiger partial charge is 0.482 e. The zero-order valence-electron chi connectivity index (χ0n) is 11.7. The van der Waals surface area contributed by atoms with Gasteiger partial charge < -0.3 is 10.1 Å². The van der Waals surface area contributed by atoms with Gasteiger partial charge in [-0.2, -0.15) is 13.2 Å². The molecule has 1 rings (SSSR count). The second kappa shape index (κ2) is 6.63. The first-order valence-electron chi connectivity index (χ1n) is 6.27. The highest BCUT2D eigenvalue weighted by atomic mass is 19.4. The van der Waals surface area contributed by atoms with Crippen LogP contribution in [0.5, 0.6) is 5.75 Å². The van der Waals surface area contributed by atoms with E-state index in [-0.39, 0.29) is 23.3 Å². The van der Waals surface area contributed by atoms with Gasteiger partial charge in [0.25, 0.3) is 0 Å². The number of amides is 1. The van der Waals surface area contributed by atoms with E-state index in [1.165, 1.54) is 6.07 Å². The van der Waals surface area contributed by atoms with E-state index in [1.54, 1.807) is 19.1 Å². The van der Waals surface area contributed by atoms with Gasteiger partial charge in [-0.05, 0) is 30.5 Å². The predicted molar refractivity (Wildman–Crippen MR) is 70.8 cm³/mol. The SMILES string of the molecule is Cc1ccc(NC(=O)CC(C)C)c(OCC(F)(F)F)c1. The van der Waals surface area contributed by atoms with Crippen molar-refractivity contribution in [2.45, 2.75) is 33.4 Å². The quantitative estimate of drug-likeness (QED) is 0.892. The van der Waals surface area contributed by atoms with Crippen LogP contribution in [0.3, 0.4) is 0 Å². The Morgan fingerprint density at radius 1 is 1.35 bits per heavy atom. The molecule has 0 bridgehead atoms. The van der Waals surface area contributed by atoms with Crippen LogP contribution in [0.2, 0.25) is 0 Å². The van der Waals surface area contributed by atoms with Gasteiger partial charge in [-0.25, -0.2) is 0 Å². The summed E-state index contributed by atoms with van der Waals surface area (Å²) in [6.45, 7) is 4.12. The zero-order chi connectivity index (χ0) is 15.3. The highest BCUT2D eigenvalue weighted by Crippen LogP contribution is 2.28. The maximum atomic E-state index is 12.2. The normalized spacial score (nSPS) is 11.6. The van der Waals surface area contributed by atoms with E-state index in [0.717, 1.165) is 5.56 Å². The lowest BCUT2D eigenvalue weighted by Gasteiger charge is -2.15. The Kier molecular flexibility index (Phi) is 5.42. The van der Waals surface area contributed by atoms with E-state index in [0.29, 0.717) is 6.42 Å². The van der Waals surface area contributed by atoms with Crippen molar-refractivity contribution in [3.8, 4) is 5.75 Å². The Bertz CT molecular complexity index is 470. The second-order valence-electron chi connectivity index (χ2n) is 5.05. The van der Waals surface area contributed by atoms with E-state index in [1.807, 2.05) is 13.8 Å². The van der Waals surface area contributed by atoms with E-state index in [4.69, 9.17) is 4.74 Å². The zero-order valence-corrected chi connectivity index (χ0v) is 11.7. The molecule has 0 fully saturated rings. The van der Waals surface area contributed by atoms with E-state index in [9.17, 15) is 18.0 Å². The minimum Gasteiger partial charge on any atom is -0.482 e. The van der Waals surface area contributed by atoms with Gasteiger partial charge in [0.05, 0.1) is 5.69 Å². The Morgan fingerprint density at radius 3 is 2.55 bits per heavy atom. The minimum absolute atomic E-state index is 0.0273. The number of carbonyl (C=O) groups is 1. The molecule has 3 nitrogen and oxygen atoms in total. The third kappa shape index (κ3) is 5.95. The van der Waals surface area contributed by atoms with Crippen molar-refractivity contribution in [1.29, 1.82) is 0 Å². The van der Waals surface area contributed by atoms with Crippen molar-refractivity contribution in [3.05, 3.63) is 23.8 Å². The van der Waals surface area contributed by atoms with Crippen molar-refractivity contribution in [3.63, 3.8) is 0 Å². The number of hydrogen-bond donors (Lipinski definition) is 1. The summed E-state index contributed by atoms with van der Waals surface area (Å²) >= 11 is 0. The third-order valence-electron chi connectivity index (χ3n) is 2.40. The maximum Gasteiger partial charge on any atom is 0.422 e. The van der Waals surface area contributed by atoms with Gasteiger partial charge in [-0.1, -0.05) is 19.9 Å². The second-order valence-corrected chi connectivity index (χ2v) is 5.05. The average Bonchev–Trinajstić information content (AvgIpc) is 2.27. The molecule has 0 aliphatic heterocycles. The summed E-state index contributed by atoms with van der Waals surface area (Å²) in [5, 5.41) is 2.57. The Hall–Kier alpha value is -1.72. The van der Waals surface area contributed by atoms with Crippen molar-refractivity contribution in [2.24, 2.45) is 5.92 Å². The van der Waals surface area contributed by atoms with Crippen molar-refractivity contribution < 1.29 is 22.7 Å². The average molecular weight is 289 g/mol. The maximum absolute atomic E-state index is 12.2. The number of halogens is 3. The molecule has 0 aromatic heterocycles. The Labute approximate surface area is 116 Å². The molecule has 1 N–H and O–H groups in total. The molecular weight excluding hydrogens is 271 g/mol. The summed E-state index contributed by atoms with van der Waals surface area (Å²) in [5.41, 5.74) is 1.01. The lowest BCUT2D eigenvalue weighted by molar-refractivity contribution is -0.153. The van der Waals surface area contributed by atoms with Crippen LogP contribution in [0.4, 0.5) is 18.9 Å². The van der Waals surface area contributed by atoms with Crippen LogP contribution in [0.1, 0.15) is 25.8 Å². The number of aryl methyl sites for hydroxylation is 1. The molecule has 0 atom stereocenters. The molecule has 1 aromatic rings. The topological polar surface area (TPSA) is 38.3 Å². The highest BCUT2D eigenvalue weighted by molar-refractivity contribution is 5.92. The molecule has 0 aliphatic rings. The fraction of sp³-hybridized carbons (Fsp3) is 0.500. The summed E-state index contributed by atoms with van der Waals surface area (Å²) in [6.07, 6.45) is -4.12. The number of alkyl halides is 3. The van der Waals surface area contributed by atoms with Gasteiger partial charge in [-0.15, -0.1) is 0 Å². The molecule has 0 saturated heterocycles. The van der Waals surface area contributed by atoms with Gasteiger partial charge in [-0.3, -0.25) is 4.79 Å². The van der Waals surface area contributed by atoms with Crippen LogP contribution in [-0.4, -0.2) is 18.7 Å². The van der Waals surface area contributed by atoms with Crippen molar-refractivity contribution in [2.75, 3.05) is 11.9 Å². The van der Waals surface area contributed by atoms with Crippen molar-refractivity contribution >= 4 is 11.6 Å². The van der Waals surface area contributed by atoms with Crippen molar-refractivity contribution in [1.82, 2.24) is 0 Å². The van der Waals surface area contributed by atoms with Crippen LogP contribution in [-0.2, 0) is 4.79 Å². The van der Waals surface area contributed by atoms with Crippen LogP contribution >= 0.6 is 0 Å². The highest BCUT2D eigenvalue weighted by Gasteiger charge is 2.29. The van der Waals surface area contributed by atoms with E-state index in [2.05, 4.69) is 5.32 Å². The Balaban J connectivity index is 2.82. The van der Waals surface area contributed by atoms with Gasteiger partial charge >= 0.3 is 6.18 Å². The molecule has 1 aromatic carbocycles. The molecule has 0 heterocycles. The van der Waals surface area contributed by atoms with E-state index >= 15 is 0 Å². The van der Waals surface area contributed by atoms with Crippen LogP contribution in [0, 0.1) is 12.8 Å². The summed E-state index contributed by atoms with van der Waals surface area (Å²) < 4.78 is 41.3. The summed E-state index contributed by atoms with van der Waals surface area (Å²) in [4.78, 5) is 11.7. The van der Waals surface area contributed by atoms with Crippen LogP contribution in [0.25, 0.3) is 0 Å². The summed E-state index contributed by atoms with van der Waals surface area (Å²) in [6, 6.07) is 4.71. The first kappa shape index (κ1) is 16.3. The van der Waals surface area contributed by atoms with Gasteiger partial charge in [0, 0.05) is 6.42 Å². The number of carbonyl (C=O) groups excluding carboxylic acids is 1. The van der Waals surface area contributed by atoms with Crippen LogP contribution < -0.4 is 10.1 Å². The lowest BCUT2D eigenvalue weighted by Crippen LogP contribution is -2.20. The number of benzene rings is 1. The number of anilines is 1. The fourth-order valence-electron chi connectivity index (χ4n) is 1.58. The van der Waals surface area contributed by atoms with Gasteiger partial charge in [0.1, 0.15) is 5.75 Å². The molecular formula is C14H18F3NO2. The third-order valence-corrected chi connectivity index (χ3v) is 2.40. The standard InChI is InChI=1S/C14H18F3NO2/c1-9(2)6-13(19)18-11-5-4-10(3)7-12(11)20-8-14(15,16)17/h4-5,7,9H,6,8H2,1-3H3,(H,18,19). The predicted octanol–water partition coefficient (Wildman–Crippen LogP) is 3.92. The molecule has 20 heavy (non-hydrogen) atoms. The first-order chi connectivity index (χ1) is 9.17. The molecule has 0 saturated carbocycles. The van der Waals surface area contributed by atoms with Crippen LogP contribution in [0.15, 0.2) is 18.2 Å². The smallest absolute Gasteiger partial charge is 0.422 e. The lowest BCUT2D eigenvalue weighted by atomic mass is 10.1. The fourth-order valence-corrected chi connectivity index (χ4v) is 1.58. The number of rotatable bonds is 5. The number of nitrogens with one attached hydrogen (secondary N) is 1. The molecule has 0 radical (unpaired) electrons. The number of hydrogen-bond acceptors (Lipinski definition) is 2. The summed E-state index contributed by atoms with van der Waals surface area (Å²) in [5.74, 6) is -0.0554. The molecule has 1 amide bonds. The monoisotopic (exact) mass is 289 g/mol. The van der Waals surface area contributed by atoms with Gasteiger partial charge in [0.15, 0.2) is 6.61 Å². The number of ether oxygens (including phenoxy) is 1. The van der Waals surface area contributed by atoms with Gasteiger partial charge in [0.2, 0.25) is 5.91 Å².